The highest BCUT2D eigenvalue weighted by Gasteiger charge is 2.25. The van der Waals surface area contributed by atoms with Crippen LogP contribution in [0.5, 0.6) is 0 Å². The molecule has 0 aliphatic carbocycles. The first-order valence-corrected chi connectivity index (χ1v) is 19.1. The zero-order valence-corrected chi connectivity index (χ0v) is 30.5. The molecule has 6 heteroatoms. The standard InChI is InChI=1S/C51H31N5O/c1-4-16-32(17-5-1)49-52-50(33-18-6-2-7-19-33)54-51(53-49)40-30-31-43(45-39-24-12-15-27-44(39)57-48(40)45)56-42-26-14-11-23-36(42)38-29-28-37-35-22-10-13-25-41(35)55(46(37)47(38)56)34-20-8-3-9-21-34/h1-31H. The van der Waals surface area contributed by atoms with Gasteiger partial charge in [-0.1, -0.05) is 146 Å². The van der Waals surface area contributed by atoms with Crippen LogP contribution in [0.2, 0.25) is 0 Å². The lowest BCUT2D eigenvalue weighted by atomic mass is 10.1. The van der Waals surface area contributed by atoms with E-state index >= 15 is 0 Å². The highest BCUT2D eigenvalue weighted by molar-refractivity contribution is 6.25. The average molecular weight is 730 g/mol. The van der Waals surface area contributed by atoms with Gasteiger partial charge < -0.3 is 13.6 Å². The van der Waals surface area contributed by atoms with E-state index in [1.807, 2.05) is 72.8 Å². The van der Waals surface area contributed by atoms with Crippen LogP contribution in [-0.4, -0.2) is 24.1 Å². The van der Waals surface area contributed by atoms with Crippen molar-refractivity contribution in [1.82, 2.24) is 24.1 Å². The Labute approximate surface area is 326 Å². The minimum atomic E-state index is 0.548. The summed E-state index contributed by atoms with van der Waals surface area (Å²) < 4.78 is 11.8. The minimum Gasteiger partial charge on any atom is -0.455 e. The molecule has 0 atom stereocenters. The van der Waals surface area contributed by atoms with E-state index in [1.165, 1.54) is 21.5 Å². The van der Waals surface area contributed by atoms with Gasteiger partial charge in [-0.2, -0.15) is 0 Å². The largest absolute Gasteiger partial charge is 0.455 e. The van der Waals surface area contributed by atoms with Gasteiger partial charge in [0.25, 0.3) is 0 Å². The molecule has 0 saturated heterocycles. The van der Waals surface area contributed by atoms with Crippen LogP contribution in [0, 0.1) is 0 Å². The lowest BCUT2D eigenvalue weighted by Gasteiger charge is -2.14. The molecule has 0 aliphatic rings. The summed E-state index contributed by atoms with van der Waals surface area (Å²) in [7, 11) is 0. The second-order valence-corrected chi connectivity index (χ2v) is 14.4. The number of hydrogen-bond donors (Lipinski definition) is 0. The van der Waals surface area contributed by atoms with Crippen LogP contribution < -0.4 is 0 Å². The Balaban J connectivity index is 1.22. The average Bonchev–Trinajstić information content (AvgIpc) is 3.95. The predicted molar refractivity (Wildman–Crippen MR) is 232 cm³/mol. The highest BCUT2D eigenvalue weighted by atomic mass is 16.3. The van der Waals surface area contributed by atoms with Crippen molar-refractivity contribution in [3.63, 3.8) is 0 Å². The molecule has 0 spiro atoms. The van der Waals surface area contributed by atoms with Crippen LogP contribution in [0.4, 0.5) is 0 Å². The molecule has 0 amide bonds. The highest BCUT2D eigenvalue weighted by Crippen LogP contribution is 2.45. The quantitative estimate of drug-likeness (QED) is 0.177. The maximum atomic E-state index is 6.90. The molecule has 4 heterocycles. The van der Waals surface area contributed by atoms with Crippen molar-refractivity contribution in [2.45, 2.75) is 0 Å². The Kier molecular flexibility index (Phi) is 6.83. The van der Waals surface area contributed by atoms with E-state index in [1.54, 1.807) is 0 Å². The van der Waals surface area contributed by atoms with Gasteiger partial charge in [0.05, 0.1) is 38.7 Å². The molecule has 266 valence electrons. The van der Waals surface area contributed by atoms with Gasteiger partial charge in [0.2, 0.25) is 0 Å². The molecule has 12 rings (SSSR count). The molecule has 0 unspecified atom stereocenters. The third-order valence-corrected chi connectivity index (χ3v) is 11.2. The number of benzene rings is 8. The summed E-state index contributed by atoms with van der Waals surface area (Å²) in [5.74, 6) is 1.75. The molecular formula is C51H31N5O. The van der Waals surface area contributed by atoms with Gasteiger partial charge in [0, 0.05) is 43.7 Å². The van der Waals surface area contributed by atoms with Gasteiger partial charge in [-0.15, -0.1) is 0 Å². The van der Waals surface area contributed by atoms with E-state index in [0.29, 0.717) is 17.5 Å². The molecule has 0 fully saturated rings. The zero-order valence-electron chi connectivity index (χ0n) is 30.5. The SMILES string of the molecule is c1ccc(-c2nc(-c3ccccc3)nc(-c3ccc(-n4c5ccccc5c5ccc6c7ccccc7n(-c7ccccc7)c6c54)c4c3oc3ccccc34)n2)cc1. The Morgan fingerprint density at radius 2 is 0.860 bits per heavy atom. The van der Waals surface area contributed by atoms with Crippen molar-refractivity contribution in [1.29, 1.82) is 0 Å². The van der Waals surface area contributed by atoms with E-state index in [0.717, 1.165) is 72.1 Å². The first-order chi connectivity index (χ1) is 28.3. The van der Waals surface area contributed by atoms with Crippen molar-refractivity contribution in [2.75, 3.05) is 0 Å². The van der Waals surface area contributed by atoms with E-state index in [9.17, 15) is 0 Å². The number of aromatic nitrogens is 5. The summed E-state index contributed by atoms with van der Waals surface area (Å²) in [5, 5.41) is 6.78. The van der Waals surface area contributed by atoms with Crippen molar-refractivity contribution in [3.05, 3.63) is 188 Å². The van der Waals surface area contributed by atoms with Gasteiger partial charge in [-0.25, -0.2) is 15.0 Å². The maximum Gasteiger partial charge on any atom is 0.167 e. The normalized spacial score (nSPS) is 11.9. The van der Waals surface area contributed by atoms with E-state index < -0.39 is 0 Å². The summed E-state index contributed by atoms with van der Waals surface area (Å²) in [4.78, 5) is 15.2. The third kappa shape index (κ3) is 4.74. The number of furan rings is 1. The third-order valence-electron chi connectivity index (χ3n) is 11.2. The molecule has 0 N–H and O–H groups in total. The number of para-hydroxylation sites is 4. The molecule has 12 aromatic rings. The molecule has 0 aliphatic heterocycles. The number of rotatable bonds is 5. The van der Waals surface area contributed by atoms with Crippen LogP contribution in [0.3, 0.4) is 0 Å². The van der Waals surface area contributed by atoms with E-state index in [2.05, 4.69) is 124 Å². The predicted octanol–water partition coefficient (Wildman–Crippen LogP) is 13.0. The fourth-order valence-corrected chi connectivity index (χ4v) is 8.70. The van der Waals surface area contributed by atoms with Gasteiger partial charge in [-0.3, -0.25) is 0 Å². The Morgan fingerprint density at radius 3 is 1.49 bits per heavy atom. The summed E-state index contributed by atoms with van der Waals surface area (Å²) in [5.41, 5.74) is 10.8. The first-order valence-electron chi connectivity index (χ1n) is 19.1. The van der Waals surface area contributed by atoms with Gasteiger partial charge in [0.15, 0.2) is 17.5 Å². The van der Waals surface area contributed by atoms with Gasteiger partial charge >= 0.3 is 0 Å². The van der Waals surface area contributed by atoms with Crippen LogP contribution in [0.25, 0.3) is 111 Å². The van der Waals surface area contributed by atoms with Gasteiger partial charge in [-0.05, 0) is 42.5 Å². The Bertz CT molecular complexity index is 3450. The van der Waals surface area contributed by atoms with Crippen LogP contribution >= 0.6 is 0 Å². The van der Waals surface area contributed by atoms with E-state index in [-0.39, 0.29) is 0 Å². The van der Waals surface area contributed by atoms with Crippen LogP contribution in [0.15, 0.2) is 192 Å². The van der Waals surface area contributed by atoms with Gasteiger partial charge in [0.1, 0.15) is 11.2 Å². The maximum absolute atomic E-state index is 6.90. The molecule has 0 bridgehead atoms. The monoisotopic (exact) mass is 729 g/mol. The van der Waals surface area contributed by atoms with Crippen LogP contribution in [-0.2, 0) is 0 Å². The first kappa shape index (κ1) is 31.5. The van der Waals surface area contributed by atoms with Crippen molar-refractivity contribution < 1.29 is 4.42 Å². The lowest BCUT2D eigenvalue weighted by molar-refractivity contribution is 0.669. The summed E-state index contributed by atoms with van der Waals surface area (Å²) in [6.45, 7) is 0. The Morgan fingerprint density at radius 1 is 0.368 bits per heavy atom. The summed E-state index contributed by atoms with van der Waals surface area (Å²) in [6.07, 6.45) is 0. The molecule has 4 aromatic heterocycles. The second kappa shape index (κ2) is 12.3. The molecule has 57 heavy (non-hydrogen) atoms. The fourth-order valence-electron chi connectivity index (χ4n) is 8.70. The molecular weight excluding hydrogens is 699 g/mol. The summed E-state index contributed by atoms with van der Waals surface area (Å²) in [6, 6.07) is 65.5. The zero-order chi connectivity index (χ0) is 37.5. The molecule has 0 saturated carbocycles. The number of hydrogen-bond acceptors (Lipinski definition) is 4. The molecule has 6 nitrogen and oxygen atoms in total. The number of fused-ring (bicyclic) bond motifs is 10. The summed E-state index contributed by atoms with van der Waals surface area (Å²) >= 11 is 0. The Hall–Kier alpha value is -7.83. The molecule has 0 radical (unpaired) electrons. The topological polar surface area (TPSA) is 61.7 Å². The van der Waals surface area contributed by atoms with E-state index in [4.69, 9.17) is 19.4 Å². The lowest BCUT2D eigenvalue weighted by Crippen LogP contribution is -2.02. The van der Waals surface area contributed by atoms with Crippen LogP contribution in [0.1, 0.15) is 0 Å². The fraction of sp³-hybridized carbons (Fsp3) is 0. The second-order valence-electron chi connectivity index (χ2n) is 14.4. The van der Waals surface area contributed by atoms with Crippen molar-refractivity contribution in [2.24, 2.45) is 0 Å². The smallest absolute Gasteiger partial charge is 0.167 e. The minimum absolute atomic E-state index is 0.548. The van der Waals surface area contributed by atoms with Crippen molar-refractivity contribution >= 4 is 65.6 Å². The van der Waals surface area contributed by atoms with Crippen molar-refractivity contribution in [3.8, 4) is 45.5 Å². The molecule has 8 aromatic carbocycles. The number of nitrogens with zero attached hydrogens (tertiary/aromatic N) is 5.